The Bertz CT molecular complexity index is 1110. The summed E-state index contributed by atoms with van der Waals surface area (Å²) in [6, 6.07) is 15.2. The van der Waals surface area contributed by atoms with Gasteiger partial charge < -0.3 is 10.3 Å². The van der Waals surface area contributed by atoms with E-state index in [2.05, 4.69) is 35.7 Å². The summed E-state index contributed by atoms with van der Waals surface area (Å²) in [6.45, 7) is 8.48. The van der Waals surface area contributed by atoms with Crippen LogP contribution in [0.15, 0.2) is 70.9 Å². The van der Waals surface area contributed by atoms with Crippen molar-refractivity contribution in [2.75, 3.05) is 17.6 Å². The number of H-pyrrole nitrogens is 1. The lowest BCUT2D eigenvalue weighted by molar-refractivity contribution is -0.118. The largest absolute Gasteiger partial charge is 0.324 e. The van der Waals surface area contributed by atoms with Crippen LogP contribution in [0.2, 0.25) is 0 Å². The number of carbonyl (C=O) groups excluding carboxylic acids is 1. The minimum absolute atomic E-state index is 0.102. The zero-order valence-electron chi connectivity index (χ0n) is 17.9. The van der Waals surface area contributed by atoms with Gasteiger partial charge in [-0.25, -0.2) is 4.98 Å². The number of hydrogen-bond donors (Lipinski definition) is 2. The molecule has 2 N–H and O–H groups in total. The molecule has 0 aliphatic heterocycles. The molecule has 1 amide bonds. The summed E-state index contributed by atoms with van der Waals surface area (Å²) in [5.74, 6) is 1.22. The highest BCUT2D eigenvalue weighted by Gasteiger charge is 2.19. The highest BCUT2D eigenvalue weighted by molar-refractivity contribution is 7.99. The van der Waals surface area contributed by atoms with Crippen LogP contribution in [0.4, 0.5) is 5.69 Å². The first-order valence-corrected chi connectivity index (χ1v) is 11.3. The number of anilines is 1. The number of nitrogens with one attached hydrogen (secondary N) is 2. The molecule has 0 saturated heterocycles. The fraction of sp³-hybridized carbons (Fsp3) is 0.292. The van der Waals surface area contributed by atoms with E-state index >= 15 is 0 Å². The Hall–Kier alpha value is -2.90. The van der Waals surface area contributed by atoms with E-state index in [1.807, 2.05) is 53.4 Å². The van der Waals surface area contributed by atoms with Crippen LogP contribution in [-0.4, -0.2) is 39.1 Å². The third-order valence-electron chi connectivity index (χ3n) is 5.09. The van der Waals surface area contributed by atoms with Crippen LogP contribution in [0, 0.1) is 0 Å². The normalized spacial score (nSPS) is 12.1. The number of para-hydroxylation sites is 2. The zero-order chi connectivity index (χ0) is 22.2. The molecule has 162 valence electrons. The second-order valence-corrected chi connectivity index (χ2v) is 8.40. The Morgan fingerprint density at radius 1 is 1.26 bits per heavy atom. The first-order valence-electron chi connectivity index (χ1n) is 10.4. The molecule has 3 rings (SSSR count). The molecular weight excluding hydrogens is 408 g/mol. The van der Waals surface area contributed by atoms with Crippen molar-refractivity contribution in [1.82, 2.24) is 14.9 Å². The number of aromatic amines is 1. The quantitative estimate of drug-likeness (QED) is 0.363. The van der Waals surface area contributed by atoms with Gasteiger partial charge in [0.25, 0.3) is 5.56 Å². The van der Waals surface area contributed by atoms with E-state index in [4.69, 9.17) is 0 Å². The number of nitrogens with zero attached hydrogens (tertiary/aromatic N) is 2. The SMILES string of the molecule is C=CCSc1ccccc1NC(=O)CN(Cc1nc2ccccc2c(=O)[nH]1)C(C)CC. The standard InChI is InChI=1S/C24H28N4O2S/c1-4-14-31-21-13-9-8-12-20(21)26-23(29)16-28(17(3)5-2)15-22-25-19-11-7-6-10-18(19)24(30)27-22/h4,6-13,17H,1,5,14-16H2,2-3H3,(H,26,29)(H,25,27,30). The molecule has 3 aromatic rings. The fourth-order valence-corrected chi connectivity index (χ4v) is 3.99. The topological polar surface area (TPSA) is 78.1 Å². The summed E-state index contributed by atoms with van der Waals surface area (Å²) in [5.41, 5.74) is 1.28. The Balaban J connectivity index is 1.76. The van der Waals surface area contributed by atoms with E-state index in [1.165, 1.54) is 0 Å². The van der Waals surface area contributed by atoms with Gasteiger partial charge in [0.2, 0.25) is 5.91 Å². The van der Waals surface area contributed by atoms with Gasteiger partial charge in [0.1, 0.15) is 5.82 Å². The number of hydrogen-bond acceptors (Lipinski definition) is 5. The molecule has 1 atom stereocenters. The van der Waals surface area contributed by atoms with Gasteiger partial charge in [0, 0.05) is 16.7 Å². The molecule has 1 heterocycles. The minimum Gasteiger partial charge on any atom is -0.324 e. The third-order valence-corrected chi connectivity index (χ3v) is 6.16. The van der Waals surface area contributed by atoms with Crippen molar-refractivity contribution in [2.24, 2.45) is 0 Å². The lowest BCUT2D eigenvalue weighted by Gasteiger charge is -2.27. The van der Waals surface area contributed by atoms with Crippen molar-refractivity contribution in [1.29, 1.82) is 0 Å². The van der Waals surface area contributed by atoms with Crippen molar-refractivity contribution in [2.45, 2.75) is 37.8 Å². The molecule has 7 heteroatoms. The summed E-state index contributed by atoms with van der Waals surface area (Å²) in [4.78, 5) is 35.8. The molecule has 0 saturated carbocycles. The van der Waals surface area contributed by atoms with E-state index < -0.39 is 0 Å². The Kier molecular flexibility index (Phi) is 8.03. The molecular formula is C24H28N4O2S. The van der Waals surface area contributed by atoms with Gasteiger partial charge in [-0.3, -0.25) is 14.5 Å². The van der Waals surface area contributed by atoms with Crippen LogP contribution >= 0.6 is 11.8 Å². The number of thioether (sulfide) groups is 1. The molecule has 2 aromatic carbocycles. The van der Waals surface area contributed by atoms with Crippen LogP contribution in [-0.2, 0) is 11.3 Å². The summed E-state index contributed by atoms with van der Waals surface area (Å²) < 4.78 is 0. The predicted octanol–water partition coefficient (Wildman–Crippen LogP) is 4.44. The number of amides is 1. The summed E-state index contributed by atoms with van der Waals surface area (Å²) in [5, 5.41) is 3.59. The van der Waals surface area contributed by atoms with Crippen LogP contribution in [0.3, 0.4) is 0 Å². The number of benzene rings is 2. The number of fused-ring (bicyclic) bond motifs is 1. The Morgan fingerprint density at radius 2 is 2.00 bits per heavy atom. The molecule has 0 aliphatic rings. The van der Waals surface area contributed by atoms with Crippen molar-refractivity contribution in [3.05, 3.63) is 77.4 Å². The van der Waals surface area contributed by atoms with Crippen molar-refractivity contribution in [3.8, 4) is 0 Å². The van der Waals surface area contributed by atoms with Crippen molar-refractivity contribution < 1.29 is 4.79 Å². The maximum atomic E-state index is 12.9. The lowest BCUT2D eigenvalue weighted by Crippen LogP contribution is -2.39. The van der Waals surface area contributed by atoms with E-state index in [9.17, 15) is 9.59 Å². The first kappa shape index (κ1) is 22.8. The molecule has 0 aliphatic carbocycles. The van der Waals surface area contributed by atoms with Crippen molar-refractivity contribution in [3.63, 3.8) is 0 Å². The average molecular weight is 437 g/mol. The van der Waals surface area contributed by atoms with E-state index in [0.717, 1.165) is 22.8 Å². The second kappa shape index (κ2) is 10.9. The molecule has 31 heavy (non-hydrogen) atoms. The molecule has 0 radical (unpaired) electrons. The van der Waals surface area contributed by atoms with E-state index in [1.54, 1.807) is 17.8 Å². The highest BCUT2D eigenvalue weighted by atomic mass is 32.2. The van der Waals surface area contributed by atoms with Gasteiger partial charge in [0.05, 0.1) is 29.7 Å². The van der Waals surface area contributed by atoms with E-state index in [0.29, 0.717) is 23.3 Å². The third kappa shape index (κ3) is 6.06. The zero-order valence-corrected chi connectivity index (χ0v) is 18.7. The molecule has 0 fully saturated rings. The number of aromatic nitrogens is 2. The van der Waals surface area contributed by atoms with Crippen molar-refractivity contribution >= 4 is 34.3 Å². The van der Waals surface area contributed by atoms with Gasteiger partial charge in [-0.1, -0.05) is 37.3 Å². The van der Waals surface area contributed by atoms with Crippen LogP contribution in [0.25, 0.3) is 10.9 Å². The molecule has 1 aromatic heterocycles. The first-order chi connectivity index (χ1) is 15.0. The molecule has 6 nitrogen and oxygen atoms in total. The Morgan fingerprint density at radius 3 is 2.77 bits per heavy atom. The highest BCUT2D eigenvalue weighted by Crippen LogP contribution is 2.27. The van der Waals surface area contributed by atoms with Crippen LogP contribution in [0.1, 0.15) is 26.1 Å². The van der Waals surface area contributed by atoms with Gasteiger partial charge in [-0.05, 0) is 37.6 Å². The summed E-state index contributed by atoms with van der Waals surface area (Å²) >= 11 is 1.63. The van der Waals surface area contributed by atoms with E-state index in [-0.39, 0.29) is 24.1 Å². The smallest absolute Gasteiger partial charge is 0.258 e. The fourth-order valence-electron chi connectivity index (χ4n) is 3.25. The maximum absolute atomic E-state index is 12.9. The minimum atomic E-state index is -0.165. The lowest BCUT2D eigenvalue weighted by atomic mass is 10.2. The average Bonchev–Trinajstić information content (AvgIpc) is 2.77. The van der Waals surface area contributed by atoms with Gasteiger partial charge >= 0.3 is 0 Å². The summed E-state index contributed by atoms with van der Waals surface area (Å²) in [7, 11) is 0. The second-order valence-electron chi connectivity index (χ2n) is 7.34. The van der Waals surface area contributed by atoms with Crippen LogP contribution in [0.5, 0.6) is 0 Å². The summed E-state index contributed by atoms with van der Waals surface area (Å²) in [6.07, 6.45) is 2.71. The number of rotatable bonds is 10. The molecule has 1 unspecified atom stereocenters. The van der Waals surface area contributed by atoms with Crippen LogP contribution < -0.4 is 10.9 Å². The number of carbonyl (C=O) groups is 1. The monoisotopic (exact) mass is 436 g/mol. The predicted molar refractivity (Wildman–Crippen MR) is 129 cm³/mol. The Labute approximate surface area is 186 Å². The molecule has 0 bridgehead atoms. The van der Waals surface area contributed by atoms with Gasteiger partial charge in [0.15, 0.2) is 0 Å². The van der Waals surface area contributed by atoms with Gasteiger partial charge in [-0.15, -0.1) is 18.3 Å². The molecule has 0 spiro atoms. The maximum Gasteiger partial charge on any atom is 0.258 e. The van der Waals surface area contributed by atoms with Gasteiger partial charge in [-0.2, -0.15) is 0 Å².